The molecule has 0 aromatic heterocycles. The maximum atomic E-state index is 15.0. The molecule has 1 heterocycles. The first-order chi connectivity index (χ1) is 18.7. The summed E-state index contributed by atoms with van der Waals surface area (Å²) in [5.74, 6) is -0.842. The number of nitrogens with zero attached hydrogens (tertiary/aromatic N) is 2. The van der Waals surface area contributed by atoms with Gasteiger partial charge in [-0.2, -0.15) is 0 Å². The minimum Gasteiger partial charge on any atom is -0.462 e. The number of ether oxygens (including phenoxy) is 2. The van der Waals surface area contributed by atoms with Gasteiger partial charge < -0.3 is 24.8 Å². The van der Waals surface area contributed by atoms with Crippen LogP contribution in [0.4, 0.5) is 17.1 Å². The molecule has 0 radical (unpaired) electrons. The van der Waals surface area contributed by atoms with Crippen LogP contribution < -0.4 is 20.6 Å². The molecule has 0 aliphatic carbocycles. The van der Waals surface area contributed by atoms with Gasteiger partial charge in [-0.3, -0.25) is 9.36 Å². The molecule has 1 aliphatic rings. The largest absolute Gasteiger partial charge is 0.462 e. The van der Waals surface area contributed by atoms with Crippen LogP contribution >= 0.6 is 23.4 Å². The first-order valence-electron chi connectivity index (χ1n) is 12.6. The molecule has 3 aromatic rings. The second-order valence-electron chi connectivity index (χ2n) is 9.11. The van der Waals surface area contributed by atoms with Crippen molar-refractivity contribution in [3.05, 3.63) is 82.3 Å². The first kappa shape index (κ1) is 28.8. The Morgan fingerprint density at radius 2 is 1.64 bits per heavy atom. The van der Waals surface area contributed by atoms with Crippen molar-refractivity contribution in [1.29, 1.82) is 0 Å². The van der Waals surface area contributed by atoms with Gasteiger partial charge in [-0.05, 0) is 73.7 Å². The molecule has 9 nitrogen and oxygen atoms in total. The average Bonchev–Trinajstić information content (AvgIpc) is 2.95. The van der Waals surface area contributed by atoms with Crippen LogP contribution in [0.25, 0.3) is 0 Å². The van der Waals surface area contributed by atoms with E-state index >= 15 is 0 Å². The Bertz CT molecular complexity index is 1360. The number of carbonyl (C=O) groups excluding carboxylic acids is 2. The third-order valence-electron chi connectivity index (χ3n) is 6.23. The van der Waals surface area contributed by atoms with E-state index in [-0.39, 0.29) is 12.2 Å². The van der Waals surface area contributed by atoms with Crippen molar-refractivity contribution in [2.45, 2.75) is 6.92 Å². The SMILES string of the molecule is CCOC(=O)c1ccc(NC(=O)c2cc(N(C)C)ccc2P(=O)(Nc2ccc(Br)cc2)N2CCOCC2)cc1. The van der Waals surface area contributed by atoms with E-state index < -0.39 is 19.3 Å². The molecule has 1 unspecified atom stereocenters. The highest BCUT2D eigenvalue weighted by atomic mass is 79.9. The van der Waals surface area contributed by atoms with Crippen molar-refractivity contribution in [1.82, 2.24) is 4.67 Å². The van der Waals surface area contributed by atoms with Gasteiger partial charge >= 0.3 is 5.97 Å². The van der Waals surface area contributed by atoms with Gasteiger partial charge in [0.2, 0.25) is 0 Å². The number of hydrogen-bond acceptors (Lipinski definition) is 6. The zero-order valence-corrected chi connectivity index (χ0v) is 24.6. The molecule has 1 amide bonds. The summed E-state index contributed by atoms with van der Waals surface area (Å²) in [6, 6.07) is 19.3. The standard InChI is InChI=1S/C28H32BrN4O5P/c1-4-38-28(35)20-5-9-22(10-6-20)30-27(34)25-19-24(32(2)3)13-14-26(25)39(36,33-15-17-37-18-16-33)31-23-11-7-21(29)8-12-23/h5-14,19H,4,15-18H2,1-3H3,(H,30,34)(H,31,36). The summed E-state index contributed by atoms with van der Waals surface area (Å²) in [5, 5.41) is 6.57. The number of morpholine rings is 1. The van der Waals surface area contributed by atoms with Crippen molar-refractivity contribution < 1.29 is 23.6 Å². The number of anilines is 3. The molecule has 1 saturated heterocycles. The number of rotatable bonds is 9. The van der Waals surface area contributed by atoms with Gasteiger partial charge in [-0.15, -0.1) is 0 Å². The molecule has 4 rings (SSSR count). The number of carbonyl (C=O) groups is 2. The Morgan fingerprint density at radius 3 is 2.26 bits per heavy atom. The van der Waals surface area contributed by atoms with Crippen molar-refractivity contribution >= 4 is 57.6 Å². The van der Waals surface area contributed by atoms with Crippen LogP contribution in [0.15, 0.2) is 71.2 Å². The molecule has 11 heteroatoms. The lowest BCUT2D eigenvalue weighted by atomic mass is 10.1. The molecular weight excluding hydrogens is 583 g/mol. The van der Waals surface area contributed by atoms with E-state index in [2.05, 4.69) is 26.3 Å². The minimum absolute atomic E-state index is 0.278. The highest BCUT2D eigenvalue weighted by molar-refractivity contribution is 9.10. The fourth-order valence-electron chi connectivity index (χ4n) is 4.17. The van der Waals surface area contributed by atoms with Crippen molar-refractivity contribution in [2.75, 3.05) is 62.3 Å². The smallest absolute Gasteiger partial charge is 0.338 e. The van der Waals surface area contributed by atoms with E-state index in [1.165, 1.54) is 0 Å². The van der Waals surface area contributed by atoms with E-state index in [0.29, 0.717) is 48.5 Å². The highest BCUT2D eigenvalue weighted by Gasteiger charge is 2.37. The summed E-state index contributed by atoms with van der Waals surface area (Å²) < 4.78 is 28.3. The Labute approximate surface area is 237 Å². The maximum absolute atomic E-state index is 15.0. The Balaban J connectivity index is 1.73. The van der Waals surface area contributed by atoms with E-state index in [4.69, 9.17) is 9.47 Å². The molecule has 206 valence electrons. The number of hydrogen-bond donors (Lipinski definition) is 2. The molecule has 1 atom stereocenters. The van der Waals surface area contributed by atoms with Crippen LogP contribution in [0, 0.1) is 0 Å². The van der Waals surface area contributed by atoms with Gasteiger partial charge in [0.05, 0.1) is 36.3 Å². The van der Waals surface area contributed by atoms with Crippen LogP contribution in [0.5, 0.6) is 0 Å². The lowest BCUT2D eigenvalue weighted by Crippen LogP contribution is -2.40. The lowest BCUT2D eigenvalue weighted by Gasteiger charge is -2.36. The summed E-state index contributed by atoms with van der Waals surface area (Å²) in [6.07, 6.45) is 0. The molecule has 39 heavy (non-hydrogen) atoms. The highest BCUT2D eigenvalue weighted by Crippen LogP contribution is 2.50. The van der Waals surface area contributed by atoms with Crippen LogP contribution in [0.2, 0.25) is 0 Å². The summed E-state index contributed by atoms with van der Waals surface area (Å²) >= 11 is 3.44. The molecule has 0 spiro atoms. The van der Waals surface area contributed by atoms with E-state index in [0.717, 1.165) is 10.2 Å². The number of halogens is 1. The van der Waals surface area contributed by atoms with Gasteiger partial charge in [-0.1, -0.05) is 15.9 Å². The fraction of sp³-hybridized carbons (Fsp3) is 0.286. The molecule has 1 aliphatic heterocycles. The zero-order valence-electron chi connectivity index (χ0n) is 22.1. The molecule has 2 N–H and O–H groups in total. The number of nitrogens with one attached hydrogen (secondary N) is 2. The maximum Gasteiger partial charge on any atom is 0.338 e. The normalized spacial score (nSPS) is 15.2. The van der Waals surface area contributed by atoms with E-state index in [1.807, 2.05) is 54.0 Å². The second kappa shape index (κ2) is 12.8. The number of amides is 1. The third-order valence-corrected chi connectivity index (χ3v) is 9.56. The fourth-order valence-corrected chi connectivity index (χ4v) is 6.99. The lowest BCUT2D eigenvalue weighted by molar-refractivity contribution is 0.0526. The van der Waals surface area contributed by atoms with Gasteiger partial charge in [0.1, 0.15) is 0 Å². The molecule has 0 saturated carbocycles. The summed E-state index contributed by atoms with van der Waals surface area (Å²) in [5.41, 5.74) is 2.64. The first-order valence-corrected chi connectivity index (χ1v) is 15.0. The van der Waals surface area contributed by atoms with Crippen molar-refractivity contribution in [3.63, 3.8) is 0 Å². The Hall–Kier alpha value is -3.17. The Kier molecular flexibility index (Phi) is 9.45. The van der Waals surface area contributed by atoms with Crippen molar-refractivity contribution in [2.24, 2.45) is 0 Å². The second-order valence-corrected chi connectivity index (χ2v) is 12.4. The van der Waals surface area contributed by atoms with E-state index in [1.54, 1.807) is 43.3 Å². The third kappa shape index (κ3) is 6.89. The molecule has 1 fully saturated rings. The summed E-state index contributed by atoms with van der Waals surface area (Å²) in [4.78, 5) is 27.6. The molecule has 3 aromatic carbocycles. The van der Waals surface area contributed by atoms with Gasteiger partial charge in [0.25, 0.3) is 13.4 Å². The van der Waals surface area contributed by atoms with Gasteiger partial charge in [0.15, 0.2) is 0 Å². The van der Waals surface area contributed by atoms with Gasteiger partial charge in [0, 0.05) is 48.7 Å². The monoisotopic (exact) mass is 614 g/mol. The van der Waals surface area contributed by atoms with Crippen LogP contribution in [-0.2, 0) is 14.0 Å². The quantitative estimate of drug-likeness (QED) is 0.250. The van der Waals surface area contributed by atoms with E-state index in [9.17, 15) is 14.2 Å². The number of esters is 1. The summed E-state index contributed by atoms with van der Waals surface area (Å²) in [7, 11) is 0.251. The average molecular weight is 615 g/mol. The van der Waals surface area contributed by atoms with Crippen LogP contribution in [0.3, 0.4) is 0 Å². The van der Waals surface area contributed by atoms with Crippen LogP contribution in [-0.4, -0.2) is 63.6 Å². The Morgan fingerprint density at radius 1 is 1.00 bits per heavy atom. The number of benzene rings is 3. The van der Waals surface area contributed by atoms with Gasteiger partial charge in [-0.25, -0.2) is 9.46 Å². The molecule has 0 bridgehead atoms. The predicted molar refractivity (Wildman–Crippen MR) is 159 cm³/mol. The molecular formula is C28H32BrN4O5P. The zero-order chi connectivity index (χ0) is 28.0. The minimum atomic E-state index is -3.51. The summed E-state index contributed by atoms with van der Waals surface area (Å²) in [6.45, 7) is 3.80. The predicted octanol–water partition coefficient (Wildman–Crippen LogP) is 5.21. The topological polar surface area (TPSA) is 100 Å². The van der Waals surface area contributed by atoms with Crippen molar-refractivity contribution in [3.8, 4) is 0 Å². The van der Waals surface area contributed by atoms with Crippen LogP contribution in [0.1, 0.15) is 27.6 Å².